The van der Waals surface area contributed by atoms with Crippen LogP contribution in [0.1, 0.15) is 48.4 Å². The number of unbranched alkanes of at least 4 members (excludes halogenated alkanes) is 1. The van der Waals surface area contributed by atoms with Gasteiger partial charge in [0.25, 0.3) is 5.91 Å². The Hall–Kier alpha value is -1.55. The molecule has 0 saturated heterocycles. The van der Waals surface area contributed by atoms with E-state index in [4.69, 9.17) is 5.73 Å². The molecule has 1 amide bonds. The van der Waals surface area contributed by atoms with E-state index in [1.165, 1.54) is 5.69 Å². The van der Waals surface area contributed by atoms with Crippen molar-refractivity contribution in [2.75, 3.05) is 0 Å². The number of carbonyl (C=O) groups is 1. The average molecular weight is 363 g/mol. The smallest absolute Gasteiger partial charge is 0.251 e. The SMILES string of the molecule is CCCCn1c(C)c(C(N)=O)c(-c2ccc(Br)cc2)c1CC. The zero-order valence-corrected chi connectivity index (χ0v) is 15.0. The lowest BCUT2D eigenvalue weighted by molar-refractivity contribution is 0.1000. The molecular formula is C18H23BrN2O. The molecule has 0 unspecified atom stereocenters. The summed E-state index contributed by atoms with van der Waals surface area (Å²) in [5, 5.41) is 0. The number of hydrogen-bond donors (Lipinski definition) is 1. The van der Waals surface area contributed by atoms with Crippen molar-refractivity contribution >= 4 is 21.8 Å². The highest BCUT2D eigenvalue weighted by Crippen LogP contribution is 2.34. The second-order valence-electron chi connectivity index (χ2n) is 5.51. The number of amides is 1. The Kier molecular flexibility index (Phi) is 5.46. The fraction of sp³-hybridized carbons (Fsp3) is 0.389. The summed E-state index contributed by atoms with van der Waals surface area (Å²) in [6.45, 7) is 7.24. The highest BCUT2D eigenvalue weighted by Gasteiger charge is 2.23. The molecular weight excluding hydrogens is 340 g/mol. The van der Waals surface area contributed by atoms with E-state index in [9.17, 15) is 4.79 Å². The molecule has 0 radical (unpaired) electrons. The zero-order chi connectivity index (χ0) is 16.3. The third-order valence-corrected chi connectivity index (χ3v) is 4.61. The van der Waals surface area contributed by atoms with Gasteiger partial charge in [0.15, 0.2) is 0 Å². The molecule has 0 atom stereocenters. The summed E-state index contributed by atoms with van der Waals surface area (Å²) >= 11 is 3.46. The van der Waals surface area contributed by atoms with Crippen molar-refractivity contribution in [1.82, 2.24) is 4.57 Å². The number of nitrogens with zero attached hydrogens (tertiary/aromatic N) is 1. The van der Waals surface area contributed by atoms with Crippen LogP contribution in [0.15, 0.2) is 28.7 Å². The highest BCUT2D eigenvalue weighted by molar-refractivity contribution is 9.10. The van der Waals surface area contributed by atoms with Crippen LogP contribution in [-0.4, -0.2) is 10.5 Å². The topological polar surface area (TPSA) is 48.0 Å². The highest BCUT2D eigenvalue weighted by atomic mass is 79.9. The summed E-state index contributed by atoms with van der Waals surface area (Å²) in [6.07, 6.45) is 3.10. The molecule has 2 N–H and O–H groups in total. The van der Waals surface area contributed by atoms with Gasteiger partial charge in [-0.1, -0.05) is 48.3 Å². The summed E-state index contributed by atoms with van der Waals surface area (Å²) in [4.78, 5) is 12.0. The molecule has 1 aromatic carbocycles. The van der Waals surface area contributed by atoms with Crippen LogP contribution in [0.5, 0.6) is 0 Å². The molecule has 0 aliphatic heterocycles. The Morgan fingerprint density at radius 2 is 1.86 bits per heavy atom. The molecule has 2 rings (SSSR count). The molecule has 118 valence electrons. The first kappa shape index (κ1) is 16.8. The molecule has 4 heteroatoms. The van der Waals surface area contributed by atoms with Crippen LogP contribution in [0, 0.1) is 6.92 Å². The van der Waals surface area contributed by atoms with Gasteiger partial charge in [0.1, 0.15) is 0 Å². The number of hydrogen-bond acceptors (Lipinski definition) is 1. The molecule has 0 aliphatic rings. The third kappa shape index (κ3) is 3.12. The molecule has 0 saturated carbocycles. The normalized spacial score (nSPS) is 10.9. The quantitative estimate of drug-likeness (QED) is 0.795. The van der Waals surface area contributed by atoms with Crippen molar-refractivity contribution in [3.8, 4) is 11.1 Å². The van der Waals surface area contributed by atoms with Gasteiger partial charge in [-0.2, -0.15) is 0 Å². The first-order valence-electron chi connectivity index (χ1n) is 7.78. The van der Waals surface area contributed by atoms with Crippen molar-refractivity contribution in [2.45, 2.75) is 46.6 Å². The van der Waals surface area contributed by atoms with Crippen LogP contribution >= 0.6 is 15.9 Å². The number of rotatable bonds is 6. The Labute approximate surface area is 140 Å². The van der Waals surface area contributed by atoms with Gasteiger partial charge in [-0.05, 0) is 37.5 Å². The van der Waals surface area contributed by atoms with Gasteiger partial charge in [0.05, 0.1) is 5.56 Å². The summed E-state index contributed by atoms with van der Waals surface area (Å²) in [5.74, 6) is -0.347. The van der Waals surface area contributed by atoms with Gasteiger partial charge in [0.2, 0.25) is 0 Å². The maximum Gasteiger partial charge on any atom is 0.251 e. The van der Waals surface area contributed by atoms with E-state index < -0.39 is 0 Å². The molecule has 2 aromatic rings. The molecule has 22 heavy (non-hydrogen) atoms. The van der Waals surface area contributed by atoms with E-state index in [0.717, 1.165) is 47.1 Å². The van der Waals surface area contributed by atoms with E-state index in [1.807, 2.05) is 31.2 Å². The second kappa shape index (κ2) is 7.14. The Morgan fingerprint density at radius 3 is 2.36 bits per heavy atom. The Balaban J connectivity index is 2.69. The third-order valence-electron chi connectivity index (χ3n) is 4.08. The lowest BCUT2D eigenvalue weighted by Crippen LogP contribution is -2.13. The van der Waals surface area contributed by atoms with Gasteiger partial charge in [-0.25, -0.2) is 0 Å². The number of primary amides is 1. The minimum Gasteiger partial charge on any atom is -0.366 e. The van der Waals surface area contributed by atoms with Crippen LogP contribution < -0.4 is 5.73 Å². The van der Waals surface area contributed by atoms with Crippen LogP contribution in [0.25, 0.3) is 11.1 Å². The first-order valence-corrected chi connectivity index (χ1v) is 8.58. The Bertz CT molecular complexity index is 671. The summed E-state index contributed by atoms with van der Waals surface area (Å²) < 4.78 is 3.29. The van der Waals surface area contributed by atoms with Crippen molar-refractivity contribution in [1.29, 1.82) is 0 Å². The van der Waals surface area contributed by atoms with Crippen LogP contribution in [0.2, 0.25) is 0 Å². The van der Waals surface area contributed by atoms with Crippen LogP contribution in [0.3, 0.4) is 0 Å². The fourth-order valence-corrected chi connectivity index (χ4v) is 3.28. The van der Waals surface area contributed by atoms with Gasteiger partial charge >= 0.3 is 0 Å². The summed E-state index contributed by atoms with van der Waals surface area (Å²) in [5.41, 5.74) is 10.6. The largest absolute Gasteiger partial charge is 0.366 e. The predicted molar refractivity (Wildman–Crippen MR) is 95.1 cm³/mol. The van der Waals surface area contributed by atoms with Crippen molar-refractivity contribution in [2.24, 2.45) is 5.73 Å². The molecule has 1 heterocycles. The molecule has 3 nitrogen and oxygen atoms in total. The second-order valence-corrected chi connectivity index (χ2v) is 6.43. The molecule has 1 aromatic heterocycles. The van der Waals surface area contributed by atoms with E-state index in [2.05, 4.69) is 34.3 Å². The fourth-order valence-electron chi connectivity index (χ4n) is 3.01. The number of nitrogens with two attached hydrogens (primary N) is 1. The van der Waals surface area contributed by atoms with Crippen LogP contribution in [-0.2, 0) is 13.0 Å². The van der Waals surface area contributed by atoms with Crippen molar-refractivity contribution < 1.29 is 4.79 Å². The minimum atomic E-state index is -0.347. The molecule has 0 bridgehead atoms. The van der Waals surface area contributed by atoms with Gasteiger partial charge in [0, 0.05) is 28.0 Å². The number of benzene rings is 1. The number of aromatic nitrogens is 1. The van der Waals surface area contributed by atoms with Gasteiger partial charge in [-0.3, -0.25) is 4.79 Å². The average Bonchev–Trinajstić information content (AvgIpc) is 2.78. The number of carbonyl (C=O) groups excluding carboxylic acids is 1. The summed E-state index contributed by atoms with van der Waals surface area (Å²) in [7, 11) is 0. The molecule has 0 fully saturated rings. The van der Waals surface area contributed by atoms with Crippen molar-refractivity contribution in [3.05, 3.63) is 45.7 Å². The Morgan fingerprint density at radius 1 is 1.23 bits per heavy atom. The van der Waals surface area contributed by atoms with E-state index in [1.54, 1.807) is 0 Å². The van der Waals surface area contributed by atoms with Crippen LogP contribution in [0.4, 0.5) is 0 Å². The van der Waals surface area contributed by atoms with E-state index >= 15 is 0 Å². The van der Waals surface area contributed by atoms with E-state index in [0.29, 0.717) is 5.56 Å². The lowest BCUT2D eigenvalue weighted by Gasteiger charge is -2.11. The maximum absolute atomic E-state index is 12.0. The lowest BCUT2D eigenvalue weighted by atomic mass is 9.99. The summed E-state index contributed by atoms with van der Waals surface area (Å²) in [6, 6.07) is 8.07. The monoisotopic (exact) mass is 362 g/mol. The standard InChI is InChI=1S/C18H23BrN2O/c1-4-6-11-21-12(3)16(18(20)22)17(15(21)5-2)13-7-9-14(19)10-8-13/h7-10H,4-6,11H2,1-3H3,(H2,20,22). The molecule has 0 spiro atoms. The molecule has 0 aliphatic carbocycles. The minimum absolute atomic E-state index is 0.347. The maximum atomic E-state index is 12.0. The van der Waals surface area contributed by atoms with Crippen molar-refractivity contribution in [3.63, 3.8) is 0 Å². The van der Waals surface area contributed by atoms with E-state index in [-0.39, 0.29) is 5.91 Å². The first-order chi connectivity index (χ1) is 10.5. The zero-order valence-electron chi connectivity index (χ0n) is 13.4. The van der Waals surface area contributed by atoms with Gasteiger partial charge in [-0.15, -0.1) is 0 Å². The van der Waals surface area contributed by atoms with Gasteiger partial charge < -0.3 is 10.3 Å². The predicted octanol–water partition coefficient (Wildman–Crippen LogP) is 4.69. The number of halogens is 1.